The van der Waals surface area contributed by atoms with Gasteiger partial charge in [0.25, 0.3) is 5.91 Å². The van der Waals surface area contributed by atoms with E-state index in [1.165, 1.54) is 17.0 Å². The second-order valence-electron chi connectivity index (χ2n) is 4.24. The number of carbonyl (C=O) groups is 2. The molecule has 1 unspecified atom stereocenters. The van der Waals surface area contributed by atoms with E-state index in [0.29, 0.717) is 19.5 Å². The fraction of sp³-hybridized carbons (Fsp3) is 0.333. The van der Waals surface area contributed by atoms with Crippen LogP contribution in [0.15, 0.2) is 22.7 Å². The minimum Gasteiger partial charge on any atom is -0.369 e. The van der Waals surface area contributed by atoms with Crippen molar-refractivity contribution in [1.82, 2.24) is 4.90 Å². The molecule has 1 aliphatic heterocycles. The van der Waals surface area contributed by atoms with Crippen LogP contribution >= 0.6 is 15.9 Å². The summed E-state index contributed by atoms with van der Waals surface area (Å²) in [6, 6.07) is 4.30. The number of nitrogens with zero attached hydrogens (tertiary/aromatic N) is 1. The van der Waals surface area contributed by atoms with Crippen LogP contribution in [0.4, 0.5) is 4.39 Å². The van der Waals surface area contributed by atoms with Crippen LogP contribution in [0.1, 0.15) is 16.8 Å². The van der Waals surface area contributed by atoms with Gasteiger partial charge in [0.1, 0.15) is 5.82 Å². The van der Waals surface area contributed by atoms with Crippen molar-refractivity contribution < 1.29 is 14.0 Å². The predicted octanol–water partition coefficient (Wildman–Crippen LogP) is 1.54. The summed E-state index contributed by atoms with van der Waals surface area (Å²) in [5.74, 6) is -1.47. The van der Waals surface area contributed by atoms with E-state index in [0.717, 1.165) is 0 Å². The molecule has 0 aromatic heterocycles. The van der Waals surface area contributed by atoms with Crippen molar-refractivity contribution >= 4 is 27.7 Å². The Kier molecular flexibility index (Phi) is 3.65. The van der Waals surface area contributed by atoms with Crippen LogP contribution in [0.2, 0.25) is 0 Å². The number of likely N-dealkylation sites (tertiary alicyclic amines) is 1. The van der Waals surface area contributed by atoms with Gasteiger partial charge in [0, 0.05) is 13.1 Å². The lowest BCUT2D eigenvalue weighted by Crippen LogP contribution is -2.32. The van der Waals surface area contributed by atoms with E-state index in [-0.39, 0.29) is 21.9 Å². The summed E-state index contributed by atoms with van der Waals surface area (Å²) in [5.41, 5.74) is 5.47. The molecule has 1 saturated heterocycles. The number of carbonyl (C=O) groups excluding carboxylic acids is 2. The van der Waals surface area contributed by atoms with Gasteiger partial charge in [-0.1, -0.05) is 6.07 Å². The zero-order chi connectivity index (χ0) is 13.3. The maximum Gasteiger partial charge on any atom is 0.255 e. The Morgan fingerprint density at radius 3 is 2.78 bits per heavy atom. The average Bonchev–Trinajstić information content (AvgIpc) is 2.81. The third-order valence-electron chi connectivity index (χ3n) is 3.06. The van der Waals surface area contributed by atoms with E-state index >= 15 is 0 Å². The second-order valence-corrected chi connectivity index (χ2v) is 5.03. The van der Waals surface area contributed by atoms with Crippen LogP contribution in [-0.4, -0.2) is 29.8 Å². The molecular formula is C12H12BrFN2O2. The Balaban J connectivity index is 2.18. The van der Waals surface area contributed by atoms with Crippen molar-refractivity contribution in [3.63, 3.8) is 0 Å². The summed E-state index contributed by atoms with van der Waals surface area (Å²) in [7, 11) is 0. The Labute approximate surface area is 112 Å². The molecule has 2 N–H and O–H groups in total. The highest BCUT2D eigenvalue weighted by molar-refractivity contribution is 9.10. The first-order valence-corrected chi connectivity index (χ1v) is 6.32. The number of hydrogen-bond acceptors (Lipinski definition) is 2. The predicted molar refractivity (Wildman–Crippen MR) is 67.3 cm³/mol. The number of amides is 2. The first-order valence-electron chi connectivity index (χ1n) is 5.53. The molecule has 0 aliphatic carbocycles. The molecule has 1 heterocycles. The molecule has 1 fully saturated rings. The summed E-state index contributed by atoms with van der Waals surface area (Å²) in [4.78, 5) is 24.7. The standard InChI is InChI=1S/C12H12BrFN2O2/c13-10-8(2-1-3-9(10)14)12(18)16-5-4-7(6-16)11(15)17/h1-3,7H,4-6H2,(H2,15,17). The molecule has 2 amide bonds. The lowest BCUT2D eigenvalue weighted by molar-refractivity contribution is -0.121. The van der Waals surface area contributed by atoms with E-state index in [1.807, 2.05) is 0 Å². The molecule has 0 spiro atoms. The summed E-state index contributed by atoms with van der Waals surface area (Å²) >= 11 is 3.06. The van der Waals surface area contributed by atoms with Crippen molar-refractivity contribution in [2.24, 2.45) is 11.7 Å². The molecule has 1 aliphatic rings. The normalized spacial score (nSPS) is 19.0. The highest BCUT2D eigenvalue weighted by atomic mass is 79.9. The highest BCUT2D eigenvalue weighted by Gasteiger charge is 2.31. The van der Waals surface area contributed by atoms with Gasteiger partial charge in [-0.25, -0.2) is 4.39 Å². The first-order chi connectivity index (χ1) is 8.50. The summed E-state index contributed by atoms with van der Waals surface area (Å²) < 4.78 is 13.5. The summed E-state index contributed by atoms with van der Waals surface area (Å²) in [6.45, 7) is 0.770. The number of nitrogens with two attached hydrogens (primary N) is 1. The minimum absolute atomic E-state index is 0.150. The summed E-state index contributed by atoms with van der Waals surface area (Å²) in [5, 5.41) is 0. The molecule has 0 radical (unpaired) electrons. The van der Waals surface area contributed by atoms with Crippen LogP contribution in [0.5, 0.6) is 0 Å². The topological polar surface area (TPSA) is 63.4 Å². The zero-order valence-corrected chi connectivity index (χ0v) is 11.1. The van der Waals surface area contributed by atoms with Gasteiger partial charge >= 0.3 is 0 Å². The van der Waals surface area contributed by atoms with E-state index < -0.39 is 11.7 Å². The van der Waals surface area contributed by atoms with Crippen LogP contribution in [0.25, 0.3) is 0 Å². The lowest BCUT2D eigenvalue weighted by Gasteiger charge is -2.16. The van der Waals surface area contributed by atoms with Gasteiger partial charge in [-0.05, 0) is 34.5 Å². The highest BCUT2D eigenvalue weighted by Crippen LogP contribution is 2.24. The second kappa shape index (κ2) is 5.06. The van der Waals surface area contributed by atoms with Crippen molar-refractivity contribution in [1.29, 1.82) is 0 Å². The van der Waals surface area contributed by atoms with Crippen molar-refractivity contribution in [3.05, 3.63) is 34.1 Å². The molecule has 0 bridgehead atoms. The summed E-state index contributed by atoms with van der Waals surface area (Å²) in [6.07, 6.45) is 0.564. The van der Waals surface area contributed by atoms with Crippen molar-refractivity contribution in [2.45, 2.75) is 6.42 Å². The number of halogens is 2. The maximum absolute atomic E-state index is 13.3. The maximum atomic E-state index is 13.3. The van der Waals surface area contributed by atoms with Crippen LogP contribution in [0.3, 0.4) is 0 Å². The van der Waals surface area contributed by atoms with E-state index in [4.69, 9.17) is 5.73 Å². The molecule has 1 aromatic rings. The number of rotatable bonds is 2. The largest absolute Gasteiger partial charge is 0.369 e. The first kappa shape index (κ1) is 13.0. The van der Waals surface area contributed by atoms with Gasteiger partial charge in [0.05, 0.1) is 16.0 Å². The van der Waals surface area contributed by atoms with E-state index in [9.17, 15) is 14.0 Å². The number of primary amides is 1. The van der Waals surface area contributed by atoms with E-state index in [2.05, 4.69) is 15.9 Å². The molecule has 6 heteroatoms. The number of benzene rings is 1. The SMILES string of the molecule is NC(=O)C1CCN(C(=O)c2cccc(F)c2Br)C1. The molecule has 1 atom stereocenters. The van der Waals surface area contributed by atoms with Gasteiger partial charge in [-0.2, -0.15) is 0 Å². The van der Waals surface area contributed by atoms with Crippen LogP contribution < -0.4 is 5.73 Å². The molecular weight excluding hydrogens is 303 g/mol. The van der Waals surface area contributed by atoms with Crippen molar-refractivity contribution in [2.75, 3.05) is 13.1 Å². The lowest BCUT2D eigenvalue weighted by atomic mass is 10.1. The van der Waals surface area contributed by atoms with Crippen LogP contribution in [0, 0.1) is 11.7 Å². The third-order valence-corrected chi connectivity index (χ3v) is 3.87. The molecule has 0 saturated carbocycles. The van der Waals surface area contributed by atoms with Gasteiger partial charge in [0.15, 0.2) is 0 Å². The number of hydrogen-bond donors (Lipinski definition) is 1. The monoisotopic (exact) mass is 314 g/mol. The minimum atomic E-state index is -0.480. The van der Waals surface area contributed by atoms with Gasteiger partial charge in [-0.15, -0.1) is 0 Å². The molecule has 18 heavy (non-hydrogen) atoms. The average molecular weight is 315 g/mol. The molecule has 96 valence electrons. The van der Waals surface area contributed by atoms with Crippen molar-refractivity contribution in [3.8, 4) is 0 Å². The Hall–Kier alpha value is -1.43. The zero-order valence-electron chi connectivity index (χ0n) is 9.53. The molecule has 2 rings (SSSR count). The third kappa shape index (κ3) is 2.38. The van der Waals surface area contributed by atoms with Crippen LogP contribution in [-0.2, 0) is 4.79 Å². The fourth-order valence-electron chi connectivity index (χ4n) is 2.02. The van der Waals surface area contributed by atoms with Gasteiger partial charge in [-0.3, -0.25) is 9.59 Å². The smallest absolute Gasteiger partial charge is 0.255 e. The van der Waals surface area contributed by atoms with Gasteiger partial charge in [0.2, 0.25) is 5.91 Å². The molecule has 1 aromatic carbocycles. The Bertz CT molecular complexity index is 507. The molecule has 4 nitrogen and oxygen atoms in total. The Morgan fingerprint density at radius 1 is 1.44 bits per heavy atom. The fourth-order valence-corrected chi connectivity index (χ4v) is 2.45. The quantitative estimate of drug-likeness (QED) is 0.900. The van der Waals surface area contributed by atoms with Gasteiger partial charge < -0.3 is 10.6 Å². The van der Waals surface area contributed by atoms with E-state index in [1.54, 1.807) is 6.07 Å². The Morgan fingerprint density at radius 2 is 2.17 bits per heavy atom.